The SMILES string of the molecule is CN(Cc1cccc(C(F)(F)F)c1)C1CCCNCC1. The Morgan fingerprint density at radius 2 is 2.05 bits per heavy atom. The lowest BCUT2D eigenvalue weighted by molar-refractivity contribution is -0.137. The molecular formula is C15H21F3N2. The van der Waals surface area contributed by atoms with Crippen LogP contribution in [0.4, 0.5) is 13.2 Å². The van der Waals surface area contributed by atoms with E-state index in [0.29, 0.717) is 12.6 Å². The van der Waals surface area contributed by atoms with Crippen LogP contribution in [0.1, 0.15) is 30.4 Å². The maximum absolute atomic E-state index is 12.7. The molecule has 0 aromatic heterocycles. The number of halogens is 3. The number of benzene rings is 1. The van der Waals surface area contributed by atoms with Gasteiger partial charge in [0, 0.05) is 12.6 Å². The van der Waals surface area contributed by atoms with Crippen LogP contribution in [0.5, 0.6) is 0 Å². The second-order valence-electron chi connectivity index (χ2n) is 5.45. The number of nitrogens with zero attached hydrogens (tertiary/aromatic N) is 1. The minimum Gasteiger partial charge on any atom is -0.317 e. The van der Waals surface area contributed by atoms with Crippen LogP contribution < -0.4 is 5.32 Å². The third-order valence-electron chi connectivity index (χ3n) is 3.85. The number of hydrogen-bond acceptors (Lipinski definition) is 2. The molecule has 1 unspecified atom stereocenters. The van der Waals surface area contributed by atoms with Crippen molar-refractivity contribution in [2.75, 3.05) is 20.1 Å². The van der Waals surface area contributed by atoms with Crippen molar-refractivity contribution in [2.24, 2.45) is 0 Å². The molecule has 1 fully saturated rings. The third kappa shape index (κ3) is 4.21. The van der Waals surface area contributed by atoms with Gasteiger partial charge in [-0.15, -0.1) is 0 Å². The average molecular weight is 286 g/mol. The normalized spacial score (nSPS) is 20.9. The lowest BCUT2D eigenvalue weighted by Crippen LogP contribution is -2.32. The van der Waals surface area contributed by atoms with E-state index in [1.54, 1.807) is 6.07 Å². The topological polar surface area (TPSA) is 15.3 Å². The summed E-state index contributed by atoms with van der Waals surface area (Å²) in [6.07, 6.45) is -0.990. The van der Waals surface area contributed by atoms with Gasteiger partial charge in [0.1, 0.15) is 0 Å². The van der Waals surface area contributed by atoms with Crippen molar-refractivity contribution in [1.29, 1.82) is 0 Å². The van der Waals surface area contributed by atoms with Crippen LogP contribution in [0, 0.1) is 0 Å². The van der Waals surface area contributed by atoms with Gasteiger partial charge in [0.15, 0.2) is 0 Å². The molecular weight excluding hydrogens is 265 g/mol. The van der Waals surface area contributed by atoms with E-state index in [0.717, 1.165) is 44.0 Å². The Bertz CT molecular complexity index is 423. The first-order chi connectivity index (χ1) is 9.47. The molecule has 0 saturated carbocycles. The van der Waals surface area contributed by atoms with E-state index >= 15 is 0 Å². The van der Waals surface area contributed by atoms with E-state index in [-0.39, 0.29) is 0 Å². The molecule has 5 heteroatoms. The van der Waals surface area contributed by atoms with Gasteiger partial charge in [-0.2, -0.15) is 13.2 Å². The van der Waals surface area contributed by atoms with Crippen molar-refractivity contribution in [3.05, 3.63) is 35.4 Å². The van der Waals surface area contributed by atoms with Gasteiger partial charge in [-0.1, -0.05) is 18.2 Å². The summed E-state index contributed by atoms with van der Waals surface area (Å²) in [6.45, 7) is 2.58. The number of alkyl halides is 3. The van der Waals surface area contributed by atoms with Crippen LogP contribution in [0.2, 0.25) is 0 Å². The standard InChI is InChI=1S/C15H21F3N2/c1-20(14-6-3-8-19-9-7-14)11-12-4-2-5-13(10-12)15(16,17)18/h2,4-5,10,14,19H,3,6-9,11H2,1H3. The van der Waals surface area contributed by atoms with Crippen molar-refractivity contribution in [1.82, 2.24) is 10.2 Å². The largest absolute Gasteiger partial charge is 0.416 e. The molecule has 2 rings (SSSR count). The molecule has 1 aromatic carbocycles. The average Bonchev–Trinajstić information content (AvgIpc) is 2.67. The van der Waals surface area contributed by atoms with Gasteiger partial charge in [-0.05, 0) is 51.0 Å². The van der Waals surface area contributed by atoms with Gasteiger partial charge in [0.2, 0.25) is 0 Å². The van der Waals surface area contributed by atoms with E-state index in [4.69, 9.17) is 0 Å². The van der Waals surface area contributed by atoms with Crippen LogP contribution in [0.15, 0.2) is 24.3 Å². The molecule has 0 amide bonds. The van der Waals surface area contributed by atoms with Gasteiger partial charge < -0.3 is 5.32 Å². The molecule has 1 saturated heterocycles. The molecule has 1 aliphatic heterocycles. The molecule has 20 heavy (non-hydrogen) atoms. The molecule has 1 heterocycles. The Hall–Kier alpha value is -1.07. The van der Waals surface area contributed by atoms with Crippen LogP contribution in [0.3, 0.4) is 0 Å². The minimum atomic E-state index is -4.26. The van der Waals surface area contributed by atoms with Gasteiger partial charge in [-0.3, -0.25) is 4.90 Å². The molecule has 112 valence electrons. The summed E-state index contributed by atoms with van der Waals surface area (Å²) in [5.41, 5.74) is 0.158. The molecule has 0 aliphatic carbocycles. The van der Waals surface area contributed by atoms with Crippen LogP contribution >= 0.6 is 0 Å². The fraction of sp³-hybridized carbons (Fsp3) is 0.600. The summed E-state index contributed by atoms with van der Waals surface area (Å²) in [7, 11) is 2.00. The number of hydrogen-bond donors (Lipinski definition) is 1. The third-order valence-corrected chi connectivity index (χ3v) is 3.85. The number of rotatable bonds is 3. The Balaban J connectivity index is 2.01. The summed E-state index contributed by atoms with van der Waals surface area (Å²) < 4.78 is 38.1. The highest BCUT2D eigenvalue weighted by Gasteiger charge is 2.30. The molecule has 0 radical (unpaired) electrons. The lowest BCUT2D eigenvalue weighted by Gasteiger charge is -2.27. The summed E-state index contributed by atoms with van der Waals surface area (Å²) in [5.74, 6) is 0. The second kappa shape index (κ2) is 6.59. The first kappa shape index (κ1) is 15.3. The molecule has 1 atom stereocenters. The van der Waals surface area contributed by atoms with Crippen molar-refractivity contribution >= 4 is 0 Å². The van der Waals surface area contributed by atoms with Gasteiger partial charge in [0.25, 0.3) is 0 Å². The zero-order valence-corrected chi connectivity index (χ0v) is 11.7. The van der Waals surface area contributed by atoms with E-state index in [2.05, 4.69) is 10.2 Å². The van der Waals surface area contributed by atoms with Crippen molar-refractivity contribution < 1.29 is 13.2 Å². The molecule has 1 N–H and O–H groups in total. The Kier molecular flexibility index (Phi) is 5.05. The molecule has 1 aliphatic rings. The predicted octanol–water partition coefficient (Wildman–Crippen LogP) is 3.28. The number of nitrogens with one attached hydrogen (secondary N) is 1. The Morgan fingerprint density at radius 3 is 2.80 bits per heavy atom. The smallest absolute Gasteiger partial charge is 0.317 e. The summed E-state index contributed by atoms with van der Waals surface area (Å²) >= 11 is 0. The molecule has 0 spiro atoms. The second-order valence-corrected chi connectivity index (χ2v) is 5.45. The lowest BCUT2D eigenvalue weighted by atomic mass is 10.1. The summed E-state index contributed by atoms with van der Waals surface area (Å²) in [6, 6.07) is 6.07. The van der Waals surface area contributed by atoms with E-state index < -0.39 is 11.7 Å². The maximum atomic E-state index is 12.7. The zero-order chi connectivity index (χ0) is 14.6. The maximum Gasteiger partial charge on any atom is 0.416 e. The monoisotopic (exact) mass is 286 g/mol. The predicted molar refractivity (Wildman–Crippen MR) is 73.4 cm³/mol. The fourth-order valence-corrected chi connectivity index (χ4v) is 2.70. The molecule has 1 aromatic rings. The summed E-state index contributed by atoms with van der Waals surface area (Å²) in [4.78, 5) is 2.17. The first-order valence-corrected chi connectivity index (χ1v) is 7.04. The van der Waals surface area contributed by atoms with Gasteiger partial charge in [-0.25, -0.2) is 0 Å². The molecule has 2 nitrogen and oxygen atoms in total. The fourth-order valence-electron chi connectivity index (χ4n) is 2.70. The summed E-state index contributed by atoms with van der Waals surface area (Å²) in [5, 5.41) is 3.35. The highest BCUT2D eigenvalue weighted by Crippen LogP contribution is 2.30. The zero-order valence-electron chi connectivity index (χ0n) is 11.7. The molecule has 0 bridgehead atoms. The Morgan fingerprint density at radius 1 is 1.25 bits per heavy atom. The van der Waals surface area contributed by atoms with Crippen molar-refractivity contribution in [2.45, 2.75) is 38.0 Å². The van der Waals surface area contributed by atoms with Crippen LogP contribution in [-0.4, -0.2) is 31.1 Å². The van der Waals surface area contributed by atoms with Crippen molar-refractivity contribution in [3.63, 3.8) is 0 Å². The van der Waals surface area contributed by atoms with Crippen LogP contribution in [0.25, 0.3) is 0 Å². The minimum absolute atomic E-state index is 0.444. The Labute approximate surface area is 118 Å². The first-order valence-electron chi connectivity index (χ1n) is 7.04. The van der Waals surface area contributed by atoms with Crippen LogP contribution in [-0.2, 0) is 12.7 Å². The highest BCUT2D eigenvalue weighted by molar-refractivity contribution is 5.25. The highest BCUT2D eigenvalue weighted by atomic mass is 19.4. The van der Waals surface area contributed by atoms with E-state index in [9.17, 15) is 13.2 Å². The van der Waals surface area contributed by atoms with E-state index in [1.165, 1.54) is 12.1 Å². The van der Waals surface area contributed by atoms with Crippen molar-refractivity contribution in [3.8, 4) is 0 Å². The van der Waals surface area contributed by atoms with E-state index in [1.807, 2.05) is 7.05 Å². The quantitative estimate of drug-likeness (QED) is 0.917. The van der Waals surface area contributed by atoms with Gasteiger partial charge >= 0.3 is 6.18 Å². The van der Waals surface area contributed by atoms with Gasteiger partial charge in [0.05, 0.1) is 5.56 Å².